The third-order valence-electron chi connectivity index (χ3n) is 4.46. The highest BCUT2D eigenvalue weighted by Crippen LogP contribution is 2.19. The molecule has 0 saturated heterocycles. The van der Waals surface area contributed by atoms with Gasteiger partial charge in [0.05, 0.1) is 11.6 Å². The van der Waals surface area contributed by atoms with Gasteiger partial charge in [-0.15, -0.1) is 0 Å². The lowest BCUT2D eigenvalue weighted by atomic mass is 9.94. The maximum atomic E-state index is 12.5. The highest BCUT2D eigenvalue weighted by atomic mass is 16.3. The van der Waals surface area contributed by atoms with E-state index in [-0.39, 0.29) is 23.1 Å². The molecule has 2 aromatic heterocycles. The van der Waals surface area contributed by atoms with Crippen LogP contribution in [-0.2, 0) is 12.8 Å². The summed E-state index contributed by atoms with van der Waals surface area (Å²) in [5.41, 5.74) is 3.46. The number of fused-ring (bicyclic) bond motifs is 2. The van der Waals surface area contributed by atoms with E-state index < -0.39 is 0 Å². The van der Waals surface area contributed by atoms with Gasteiger partial charge >= 0.3 is 0 Å². The quantitative estimate of drug-likeness (QED) is 0.756. The molecule has 24 heavy (non-hydrogen) atoms. The van der Waals surface area contributed by atoms with E-state index in [0.29, 0.717) is 17.4 Å². The Hall–Kier alpha value is -2.89. The van der Waals surface area contributed by atoms with E-state index >= 15 is 0 Å². The van der Waals surface area contributed by atoms with Crippen molar-refractivity contribution in [1.82, 2.24) is 15.5 Å². The van der Waals surface area contributed by atoms with Gasteiger partial charge in [0.25, 0.3) is 5.91 Å². The first-order chi connectivity index (χ1) is 11.6. The highest BCUT2D eigenvalue weighted by molar-refractivity contribution is 5.93. The lowest BCUT2D eigenvalue weighted by molar-refractivity contribution is 0.0906. The monoisotopic (exact) mass is 323 g/mol. The molecule has 0 spiro atoms. The van der Waals surface area contributed by atoms with E-state index in [1.807, 2.05) is 19.2 Å². The molecule has 1 aliphatic rings. The molecule has 1 aromatic carbocycles. The van der Waals surface area contributed by atoms with Crippen molar-refractivity contribution in [2.75, 3.05) is 0 Å². The van der Waals surface area contributed by atoms with E-state index in [2.05, 4.69) is 15.5 Å². The third-order valence-corrected chi connectivity index (χ3v) is 4.46. The minimum atomic E-state index is -0.358. The fourth-order valence-electron chi connectivity index (χ4n) is 3.16. The van der Waals surface area contributed by atoms with Crippen molar-refractivity contribution in [3.63, 3.8) is 0 Å². The Labute approximate surface area is 137 Å². The van der Waals surface area contributed by atoms with Gasteiger partial charge in [0.1, 0.15) is 5.58 Å². The van der Waals surface area contributed by atoms with Crippen LogP contribution in [0.3, 0.4) is 0 Å². The summed E-state index contributed by atoms with van der Waals surface area (Å²) >= 11 is 0. The van der Waals surface area contributed by atoms with Crippen molar-refractivity contribution in [3.05, 3.63) is 63.3 Å². The smallest absolute Gasteiger partial charge is 0.287 e. The third kappa shape index (κ3) is 2.60. The second-order valence-corrected chi connectivity index (χ2v) is 6.26. The first kappa shape index (κ1) is 14.7. The van der Waals surface area contributed by atoms with Crippen molar-refractivity contribution in [3.8, 4) is 0 Å². The van der Waals surface area contributed by atoms with Crippen LogP contribution < -0.4 is 10.7 Å². The first-order valence-electron chi connectivity index (χ1n) is 7.96. The summed E-state index contributed by atoms with van der Waals surface area (Å²) in [4.78, 5) is 24.7. The van der Waals surface area contributed by atoms with Gasteiger partial charge in [0.15, 0.2) is 11.2 Å². The van der Waals surface area contributed by atoms with Crippen molar-refractivity contribution in [2.24, 2.45) is 0 Å². The maximum absolute atomic E-state index is 12.5. The van der Waals surface area contributed by atoms with Crippen LogP contribution in [0.2, 0.25) is 0 Å². The molecule has 122 valence electrons. The molecule has 3 aromatic rings. The predicted molar refractivity (Wildman–Crippen MR) is 89.1 cm³/mol. The van der Waals surface area contributed by atoms with Crippen LogP contribution in [0.25, 0.3) is 11.0 Å². The van der Waals surface area contributed by atoms with E-state index in [0.717, 1.165) is 24.1 Å². The number of carbonyl (C=O) groups is 1. The van der Waals surface area contributed by atoms with E-state index in [1.54, 1.807) is 12.1 Å². The standard InChI is InChI=1S/C18H17N3O3/c1-10-2-5-13-15(22)8-17(24-16(13)6-10)18(23)20-12-4-3-11-9-19-21-14(11)7-12/h2,5-6,8-9,12H,3-4,7H2,1H3,(H,19,21)(H,20,23)/t12-/m0/s1. The number of nitrogens with zero attached hydrogens (tertiary/aromatic N) is 1. The SMILES string of the molecule is Cc1ccc2c(=O)cc(C(=O)N[C@H]3CCc4cn[nH]c4C3)oc2c1. The molecule has 2 heterocycles. The molecule has 2 N–H and O–H groups in total. The summed E-state index contributed by atoms with van der Waals surface area (Å²) in [6.07, 6.45) is 4.25. The number of rotatable bonds is 2. The number of carbonyl (C=O) groups excluding carboxylic acids is 1. The average Bonchev–Trinajstić information content (AvgIpc) is 3.02. The molecule has 0 fully saturated rings. The van der Waals surface area contributed by atoms with Gasteiger partial charge in [-0.3, -0.25) is 14.7 Å². The number of hydrogen-bond acceptors (Lipinski definition) is 4. The van der Waals surface area contributed by atoms with Crippen LogP contribution in [0.1, 0.15) is 33.8 Å². The second kappa shape index (κ2) is 5.63. The fourth-order valence-corrected chi connectivity index (χ4v) is 3.16. The highest BCUT2D eigenvalue weighted by Gasteiger charge is 2.23. The van der Waals surface area contributed by atoms with Crippen molar-refractivity contribution in [2.45, 2.75) is 32.2 Å². The molecular weight excluding hydrogens is 306 g/mol. The molecule has 6 heteroatoms. The minimum Gasteiger partial charge on any atom is -0.451 e. The molecule has 1 aliphatic carbocycles. The molecule has 1 atom stereocenters. The molecule has 1 amide bonds. The van der Waals surface area contributed by atoms with Gasteiger partial charge < -0.3 is 9.73 Å². The number of benzene rings is 1. The Morgan fingerprint density at radius 3 is 3.12 bits per heavy atom. The van der Waals surface area contributed by atoms with Crippen LogP contribution in [0.5, 0.6) is 0 Å². The molecule has 0 aliphatic heterocycles. The number of aromatic nitrogens is 2. The first-order valence-corrected chi connectivity index (χ1v) is 7.96. The summed E-state index contributed by atoms with van der Waals surface area (Å²) in [5, 5.41) is 10.4. The van der Waals surface area contributed by atoms with E-state index in [9.17, 15) is 9.59 Å². The van der Waals surface area contributed by atoms with Gasteiger partial charge in [-0.25, -0.2) is 0 Å². The van der Waals surface area contributed by atoms with Crippen molar-refractivity contribution in [1.29, 1.82) is 0 Å². The minimum absolute atomic E-state index is 0.00367. The molecule has 6 nitrogen and oxygen atoms in total. The Kier molecular flexibility index (Phi) is 3.45. The molecule has 0 bridgehead atoms. The normalized spacial score (nSPS) is 16.8. The fraction of sp³-hybridized carbons (Fsp3) is 0.278. The van der Waals surface area contributed by atoms with Gasteiger partial charge in [0.2, 0.25) is 0 Å². The predicted octanol–water partition coefficient (Wildman–Crippen LogP) is 2.11. The number of hydrogen-bond donors (Lipinski definition) is 2. The lowest BCUT2D eigenvalue weighted by Gasteiger charge is -2.22. The second-order valence-electron chi connectivity index (χ2n) is 6.26. The Bertz CT molecular complexity index is 987. The van der Waals surface area contributed by atoms with Gasteiger partial charge in [-0.05, 0) is 43.0 Å². The number of H-pyrrole nitrogens is 1. The zero-order valence-electron chi connectivity index (χ0n) is 13.3. The zero-order chi connectivity index (χ0) is 16.7. The van der Waals surface area contributed by atoms with Crippen LogP contribution in [-0.4, -0.2) is 22.1 Å². The number of aromatic amines is 1. The van der Waals surface area contributed by atoms with Crippen molar-refractivity contribution >= 4 is 16.9 Å². The van der Waals surface area contributed by atoms with Gasteiger partial charge in [-0.2, -0.15) is 5.10 Å². The lowest BCUT2D eigenvalue weighted by Crippen LogP contribution is -2.39. The van der Waals surface area contributed by atoms with Gasteiger partial charge in [-0.1, -0.05) is 6.07 Å². The molecule has 0 radical (unpaired) electrons. The zero-order valence-corrected chi connectivity index (χ0v) is 13.3. The summed E-state index contributed by atoms with van der Waals surface area (Å²) in [6, 6.07) is 6.61. The number of nitrogens with one attached hydrogen (secondary N) is 2. The van der Waals surface area contributed by atoms with Crippen LogP contribution in [0.4, 0.5) is 0 Å². The molecule has 4 rings (SSSR count). The van der Waals surface area contributed by atoms with Gasteiger partial charge in [0, 0.05) is 24.2 Å². The Balaban J connectivity index is 1.59. The number of aryl methyl sites for hydroxylation is 2. The summed E-state index contributed by atoms with van der Waals surface area (Å²) in [5.74, 6) is -0.308. The van der Waals surface area contributed by atoms with Crippen molar-refractivity contribution < 1.29 is 9.21 Å². The van der Waals surface area contributed by atoms with Crippen LogP contribution in [0, 0.1) is 6.92 Å². The maximum Gasteiger partial charge on any atom is 0.287 e. The number of amides is 1. The summed E-state index contributed by atoms with van der Waals surface area (Å²) in [6.45, 7) is 1.91. The Morgan fingerprint density at radius 2 is 2.25 bits per heavy atom. The van der Waals surface area contributed by atoms with Crippen LogP contribution >= 0.6 is 0 Å². The van der Waals surface area contributed by atoms with E-state index in [1.165, 1.54) is 11.6 Å². The average molecular weight is 323 g/mol. The molecule has 0 unspecified atom stereocenters. The van der Waals surface area contributed by atoms with E-state index in [4.69, 9.17) is 4.42 Å². The summed E-state index contributed by atoms with van der Waals surface area (Å²) < 4.78 is 5.65. The summed E-state index contributed by atoms with van der Waals surface area (Å²) in [7, 11) is 0. The Morgan fingerprint density at radius 1 is 1.38 bits per heavy atom. The molecular formula is C18H17N3O3. The topological polar surface area (TPSA) is 88.0 Å². The largest absolute Gasteiger partial charge is 0.451 e. The van der Waals surface area contributed by atoms with Crippen LogP contribution in [0.15, 0.2) is 39.7 Å². The molecule has 0 saturated carbocycles.